The number of anilines is 1. The molecule has 3 aliphatic rings. The molecule has 2 heterocycles. The first-order chi connectivity index (χ1) is 15.5. The van der Waals surface area contributed by atoms with Crippen molar-refractivity contribution in [1.82, 2.24) is 15.1 Å². The minimum atomic E-state index is -1.24. The number of likely N-dealkylation sites (tertiary alicyclic amines) is 1. The summed E-state index contributed by atoms with van der Waals surface area (Å²) < 4.78 is 41.0. The summed E-state index contributed by atoms with van der Waals surface area (Å²) in [5.41, 5.74) is -0.650. The fourth-order valence-corrected chi connectivity index (χ4v) is 6.15. The highest BCUT2D eigenvalue weighted by molar-refractivity contribution is 6.40. The Hall–Kier alpha value is -2.06. The van der Waals surface area contributed by atoms with E-state index in [0.29, 0.717) is 29.6 Å². The zero-order chi connectivity index (χ0) is 23.5. The van der Waals surface area contributed by atoms with Crippen molar-refractivity contribution >= 4 is 21.5 Å². The maximum Gasteiger partial charge on any atom is 0.168 e. The van der Waals surface area contributed by atoms with E-state index in [0.717, 1.165) is 44.8 Å². The second-order valence-corrected chi connectivity index (χ2v) is 11.0. The lowest BCUT2D eigenvalue weighted by Crippen LogP contribution is -2.61. The van der Waals surface area contributed by atoms with Gasteiger partial charge in [0.1, 0.15) is 27.3 Å². The molecule has 1 aliphatic heterocycles. The summed E-state index contributed by atoms with van der Waals surface area (Å²) in [7, 11) is 4.63. The zero-order valence-electron chi connectivity index (χ0n) is 19.3. The van der Waals surface area contributed by atoms with E-state index in [1.807, 2.05) is 6.92 Å². The number of aromatic nitrogens is 2. The maximum absolute atomic E-state index is 14.0. The predicted octanol–water partition coefficient (Wildman–Crippen LogP) is 1.76. The van der Waals surface area contributed by atoms with Gasteiger partial charge in [-0.3, -0.25) is 0 Å². The largest absolute Gasteiger partial charge is 0.390 e. The Labute approximate surface area is 194 Å². The molecule has 0 bridgehead atoms. The molecular weight excluding hydrogens is 427 g/mol. The number of hydrogen-bond acceptors (Lipinski definition) is 5. The number of benzene rings is 1. The molecule has 10 heteroatoms. The molecule has 33 heavy (non-hydrogen) atoms. The van der Waals surface area contributed by atoms with Gasteiger partial charge in [-0.05, 0) is 73.9 Å². The van der Waals surface area contributed by atoms with E-state index in [4.69, 9.17) is 0 Å². The van der Waals surface area contributed by atoms with Crippen LogP contribution in [0.15, 0.2) is 24.3 Å². The summed E-state index contributed by atoms with van der Waals surface area (Å²) >= 11 is 0. The van der Waals surface area contributed by atoms with Crippen molar-refractivity contribution in [2.45, 2.75) is 49.6 Å². The molecule has 5 rings (SSSR count). The minimum absolute atomic E-state index is 0.0904. The van der Waals surface area contributed by atoms with E-state index >= 15 is 0 Å². The molecule has 5 nitrogen and oxygen atoms in total. The van der Waals surface area contributed by atoms with Gasteiger partial charge in [-0.25, -0.2) is 13.2 Å². The topological polar surface area (TPSA) is 61.3 Å². The molecule has 0 unspecified atom stereocenters. The molecule has 174 valence electrons. The van der Waals surface area contributed by atoms with E-state index < -0.39 is 23.1 Å². The summed E-state index contributed by atoms with van der Waals surface area (Å²) in [6, 6.07) is 4.93. The number of halogens is 3. The van der Waals surface area contributed by atoms with Crippen LogP contribution >= 0.6 is 0 Å². The van der Waals surface area contributed by atoms with Crippen LogP contribution in [0.1, 0.15) is 32.6 Å². The average molecular weight is 456 g/mol. The predicted molar refractivity (Wildman–Crippen MR) is 126 cm³/mol. The van der Waals surface area contributed by atoms with Gasteiger partial charge < -0.3 is 15.3 Å². The first-order valence-corrected chi connectivity index (χ1v) is 11.7. The minimum Gasteiger partial charge on any atom is -0.390 e. The van der Waals surface area contributed by atoms with Crippen LogP contribution in [0.4, 0.5) is 19.0 Å². The lowest BCUT2D eigenvalue weighted by atomic mass is 9.46. The lowest BCUT2D eigenvalue weighted by molar-refractivity contribution is -0.0786. The summed E-state index contributed by atoms with van der Waals surface area (Å²) in [5.74, 6) is -0.872. The fraction of sp³-hybridized carbons (Fsp3) is 0.565. The molecule has 0 amide bonds. The smallest absolute Gasteiger partial charge is 0.168 e. The number of nitrogens with one attached hydrogen (secondary N) is 1. The third-order valence-electron chi connectivity index (χ3n) is 8.22. The number of rotatable bonds is 5. The van der Waals surface area contributed by atoms with Crippen molar-refractivity contribution in [1.29, 1.82) is 0 Å². The first-order valence-electron chi connectivity index (χ1n) is 11.7. The molecule has 0 spiro atoms. The fourth-order valence-electron chi connectivity index (χ4n) is 6.15. The van der Waals surface area contributed by atoms with Crippen LogP contribution in [0, 0.1) is 35.2 Å². The van der Waals surface area contributed by atoms with Crippen LogP contribution in [-0.4, -0.2) is 66.0 Å². The third-order valence-corrected chi connectivity index (χ3v) is 8.22. The summed E-state index contributed by atoms with van der Waals surface area (Å²) in [5, 5.41) is 21.8. The van der Waals surface area contributed by atoms with Gasteiger partial charge in [0.05, 0.1) is 11.3 Å². The van der Waals surface area contributed by atoms with Crippen LogP contribution in [0.5, 0.6) is 0 Å². The molecule has 2 N–H and O–H groups in total. The van der Waals surface area contributed by atoms with Crippen molar-refractivity contribution in [2.24, 2.45) is 17.8 Å². The Morgan fingerprint density at radius 2 is 1.76 bits per heavy atom. The van der Waals surface area contributed by atoms with Gasteiger partial charge in [0.15, 0.2) is 11.6 Å². The number of fused-ring (bicyclic) bond motifs is 1. The first kappa shape index (κ1) is 22.7. The van der Waals surface area contributed by atoms with Crippen LogP contribution in [0.25, 0.3) is 11.3 Å². The third kappa shape index (κ3) is 4.28. The zero-order valence-corrected chi connectivity index (χ0v) is 19.3. The SMILES string of the molecule is BC(B)(C1CC(C)(O)C1)N1C[C@H]2C[C@H](Nc3ccc(-c4cc(F)cc(F)c4F)nn3)C[C@H]2C1. The second kappa shape index (κ2) is 8.01. The van der Waals surface area contributed by atoms with E-state index in [1.54, 1.807) is 6.07 Å². The second-order valence-electron chi connectivity index (χ2n) is 11.0. The Bertz CT molecular complexity index is 1030. The molecule has 0 radical (unpaired) electrons. The normalized spacial score (nSPS) is 31.9. The van der Waals surface area contributed by atoms with E-state index in [1.165, 1.54) is 6.07 Å². The van der Waals surface area contributed by atoms with Gasteiger partial charge in [-0.2, -0.15) is 0 Å². The molecule has 2 saturated carbocycles. The van der Waals surface area contributed by atoms with Gasteiger partial charge in [0, 0.05) is 30.8 Å². The van der Waals surface area contributed by atoms with Crippen molar-refractivity contribution in [3.63, 3.8) is 0 Å². The van der Waals surface area contributed by atoms with Crippen molar-refractivity contribution < 1.29 is 18.3 Å². The molecule has 3 fully saturated rings. The van der Waals surface area contributed by atoms with Gasteiger partial charge in [0.25, 0.3) is 0 Å². The molecule has 1 saturated heterocycles. The standard InChI is InChI=1S/C23H29B2F3N4O/c1-22(33)8-14(9-22)23(24,25)32-10-12-4-16(5-13(12)11-32)29-20-3-2-19(30-31-20)17-6-15(26)7-18(27)21(17)28/h2-3,6-7,12-14,16,33H,4-5,8-11,24-25H2,1H3,(H,29,31)/t12-,13+,14?,16+,22?. The Morgan fingerprint density at radius 1 is 1.09 bits per heavy atom. The van der Waals surface area contributed by atoms with Gasteiger partial charge >= 0.3 is 0 Å². The van der Waals surface area contributed by atoms with Gasteiger partial charge in [-0.1, -0.05) is 0 Å². The highest BCUT2D eigenvalue weighted by Crippen LogP contribution is 2.47. The monoisotopic (exact) mass is 456 g/mol. The summed E-state index contributed by atoms with van der Waals surface area (Å²) in [6.07, 6.45) is 3.84. The van der Waals surface area contributed by atoms with E-state index in [2.05, 4.69) is 36.1 Å². The van der Waals surface area contributed by atoms with Crippen molar-refractivity contribution in [2.75, 3.05) is 18.4 Å². The maximum atomic E-state index is 14.0. The van der Waals surface area contributed by atoms with Gasteiger partial charge in [0.2, 0.25) is 0 Å². The summed E-state index contributed by atoms with van der Waals surface area (Å²) in [4.78, 5) is 2.61. The molecule has 2 aliphatic carbocycles. The molecule has 1 aromatic carbocycles. The Kier molecular flexibility index (Phi) is 5.52. The highest BCUT2D eigenvalue weighted by atomic mass is 19.2. The molecule has 1 aromatic heterocycles. The summed E-state index contributed by atoms with van der Waals surface area (Å²) in [6.45, 7) is 4.07. The highest BCUT2D eigenvalue weighted by Gasteiger charge is 2.51. The van der Waals surface area contributed by atoms with Crippen LogP contribution in [0.2, 0.25) is 0 Å². The molecular formula is C23H29B2F3N4O. The van der Waals surface area contributed by atoms with Crippen LogP contribution < -0.4 is 5.32 Å². The van der Waals surface area contributed by atoms with E-state index in [9.17, 15) is 18.3 Å². The van der Waals surface area contributed by atoms with E-state index in [-0.39, 0.29) is 22.6 Å². The molecule has 3 atom stereocenters. The Morgan fingerprint density at radius 3 is 2.33 bits per heavy atom. The lowest BCUT2D eigenvalue weighted by Gasteiger charge is -2.53. The number of aliphatic hydroxyl groups is 1. The number of hydrogen-bond donors (Lipinski definition) is 2. The van der Waals surface area contributed by atoms with Crippen LogP contribution in [0.3, 0.4) is 0 Å². The van der Waals surface area contributed by atoms with Crippen molar-refractivity contribution in [3.05, 3.63) is 41.7 Å². The molecule has 2 aromatic rings. The Balaban J connectivity index is 1.18. The average Bonchev–Trinajstić information content (AvgIpc) is 3.29. The number of nitrogens with zero attached hydrogens (tertiary/aromatic N) is 3. The van der Waals surface area contributed by atoms with Crippen LogP contribution in [-0.2, 0) is 0 Å². The quantitative estimate of drug-likeness (QED) is 0.531. The van der Waals surface area contributed by atoms with Crippen molar-refractivity contribution in [3.8, 4) is 11.3 Å². The van der Waals surface area contributed by atoms with Gasteiger partial charge in [-0.15, -0.1) is 10.2 Å².